The second-order valence-corrected chi connectivity index (χ2v) is 6.97. The number of Topliss-reactive ketones (excluding diaryl/α,β-unsaturated/α-hetero) is 1. The molecule has 3 aromatic carbocycles. The van der Waals surface area contributed by atoms with Gasteiger partial charge in [-0.05, 0) is 36.8 Å². The van der Waals surface area contributed by atoms with E-state index in [1.807, 2.05) is 49.4 Å². The Kier molecular flexibility index (Phi) is 7.11. The summed E-state index contributed by atoms with van der Waals surface area (Å²) in [4.78, 5) is 36.3. The molecule has 5 nitrogen and oxygen atoms in total. The summed E-state index contributed by atoms with van der Waals surface area (Å²) in [6, 6.07) is 23.3. The highest BCUT2D eigenvalue weighted by Gasteiger charge is 2.11. The Bertz CT molecular complexity index is 1010. The van der Waals surface area contributed by atoms with Crippen molar-refractivity contribution in [3.05, 3.63) is 101 Å². The summed E-state index contributed by atoms with van der Waals surface area (Å²) in [5, 5.41) is 2.82. The number of benzene rings is 3. The summed E-state index contributed by atoms with van der Waals surface area (Å²) >= 11 is 0. The summed E-state index contributed by atoms with van der Waals surface area (Å²) in [6.07, 6.45) is 0.144. The topological polar surface area (TPSA) is 72.5 Å². The monoisotopic (exact) mass is 401 g/mol. The highest BCUT2D eigenvalue weighted by Crippen LogP contribution is 2.12. The average Bonchev–Trinajstić information content (AvgIpc) is 2.77. The van der Waals surface area contributed by atoms with Crippen molar-refractivity contribution in [1.29, 1.82) is 0 Å². The highest BCUT2D eigenvalue weighted by molar-refractivity contribution is 6.04. The zero-order valence-corrected chi connectivity index (χ0v) is 16.8. The van der Waals surface area contributed by atoms with Crippen LogP contribution in [0.5, 0.6) is 0 Å². The highest BCUT2D eigenvalue weighted by atomic mass is 16.5. The number of aryl methyl sites for hydroxylation is 1. The number of rotatable bonds is 8. The predicted octanol–water partition coefficient (Wildman–Crippen LogP) is 4.95. The van der Waals surface area contributed by atoms with Crippen molar-refractivity contribution in [2.75, 3.05) is 5.32 Å². The van der Waals surface area contributed by atoms with Crippen LogP contribution in [-0.2, 0) is 16.1 Å². The van der Waals surface area contributed by atoms with Crippen LogP contribution < -0.4 is 5.32 Å². The van der Waals surface area contributed by atoms with Crippen molar-refractivity contribution < 1.29 is 19.1 Å². The minimum atomic E-state index is -0.429. The summed E-state index contributed by atoms with van der Waals surface area (Å²) in [6.45, 7) is 2.05. The maximum atomic E-state index is 12.2. The van der Waals surface area contributed by atoms with Gasteiger partial charge in [-0.2, -0.15) is 0 Å². The van der Waals surface area contributed by atoms with Crippen LogP contribution in [0, 0.1) is 6.92 Å². The standard InChI is InChI=1S/C25H23NO4/c1-18-7-11-20(12-8-18)23(27)15-16-24(28)30-17-19-9-13-21(14-10-19)25(29)26-22-5-3-2-4-6-22/h2-14H,15-17H2,1H3,(H,26,29). The lowest BCUT2D eigenvalue weighted by Gasteiger charge is -2.07. The van der Waals surface area contributed by atoms with Crippen molar-refractivity contribution in [3.8, 4) is 0 Å². The molecule has 0 aromatic heterocycles. The molecule has 0 saturated heterocycles. The first-order valence-corrected chi connectivity index (χ1v) is 9.72. The number of para-hydroxylation sites is 1. The number of anilines is 1. The fourth-order valence-corrected chi connectivity index (χ4v) is 2.81. The van der Waals surface area contributed by atoms with Crippen LogP contribution in [0.4, 0.5) is 5.69 Å². The fourth-order valence-electron chi connectivity index (χ4n) is 2.81. The van der Waals surface area contributed by atoms with E-state index in [4.69, 9.17) is 4.74 Å². The van der Waals surface area contributed by atoms with Crippen molar-refractivity contribution in [2.45, 2.75) is 26.4 Å². The molecule has 152 valence electrons. The molecule has 0 heterocycles. The van der Waals surface area contributed by atoms with Gasteiger partial charge in [-0.25, -0.2) is 0 Å². The van der Waals surface area contributed by atoms with Gasteiger partial charge < -0.3 is 10.1 Å². The van der Waals surface area contributed by atoms with Gasteiger partial charge in [0.1, 0.15) is 6.61 Å². The van der Waals surface area contributed by atoms with Crippen molar-refractivity contribution in [1.82, 2.24) is 0 Å². The summed E-state index contributed by atoms with van der Waals surface area (Å²) in [5.41, 5.74) is 3.68. The molecule has 3 aromatic rings. The Morgan fingerprint density at radius 2 is 1.40 bits per heavy atom. The number of ether oxygens (including phenoxy) is 1. The first kappa shape index (κ1) is 21.0. The first-order chi connectivity index (χ1) is 14.5. The third kappa shape index (κ3) is 6.14. The predicted molar refractivity (Wildman–Crippen MR) is 115 cm³/mol. The Labute approximate surface area is 175 Å². The molecule has 0 aliphatic heterocycles. The molecule has 0 aliphatic carbocycles. The smallest absolute Gasteiger partial charge is 0.306 e. The SMILES string of the molecule is Cc1ccc(C(=O)CCC(=O)OCc2ccc(C(=O)Nc3ccccc3)cc2)cc1. The summed E-state index contributed by atoms with van der Waals surface area (Å²) < 4.78 is 5.24. The number of amides is 1. The number of esters is 1. The van der Waals surface area contributed by atoms with E-state index in [-0.39, 0.29) is 31.1 Å². The zero-order valence-electron chi connectivity index (χ0n) is 16.8. The van der Waals surface area contributed by atoms with E-state index in [2.05, 4.69) is 5.32 Å². The van der Waals surface area contributed by atoms with Crippen LogP contribution >= 0.6 is 0 Å². The number of carbonyl (C=O) groups is 3. The van der Waals surface area contributed by atoms with Crippen LogP contribution in [-0.4, -0.2) is 17.7 Å². The third-order valence-corrected chi connectivity index (χ3v) is 4.58. The first-order valence-electron chi connectivity index (χ1n) is 9.72. The Morgan fingerprint density at radius 1 is 0.767 bits per heavy atom. The van der Waals surface area contributed by atoms with Gasteiger partial charge in [0.25, 0.3) is 5.91 Å². The lowest BCUT2D eigenvalue weighted by Crippen LogP contribution is -2.12. The molecule has 0 unspecified atom stereocenters. The second kappa shape index (κ2) is 10.2. The van der Waals surface area contributed by atoms with Crippen LogP contribution in [0.1, 0.15) is 44.7 Å². The molecule has 0 fully saturated rings. The molecule has 0 saturated carbocycles. The molecular weight excluding hydrogens is 378 g/mol. The number of ketones is 1. The molecule has 30 heavy (non-hydrogen) atoms. The van der Waals surface area contributed by atoms with Gasteiger partial charge in [0.15, 0.2) is 5.78 Å². The Hall–Kier alpha value is -3.73. The molecule has 5 heteroatoms. The largest absolute Gasteiger partial charge is 0.461 e. The van der Waals surface area contributed by atoms with Gasteiger partial charge >= 0.3 is 5.97 Å². The maximum absolute atomic E-state index is 12.2. The van der Waals surface area contributed by atoms with Gasteiger partial charge in [0.2, 0.25) is 0 Å². The minimum Gasteiger partial charge on any atom is -0.461 e. The molecule has 0 radical (unpaired) electrons. The molecule has 0 atom stereocenters. The third-order valence-electron chi connectivity index (χ3n) is 4.58. The average molecular weight is 401 g/mol. The molecule has 0 spiro atoms. The second-order valence-electron chi connectivity index (χ2n) is 6.97. The number of hydrogen-bond acceptors (Lipinski definition) is 4. The van der Waals surface area contributed by atoms with Crippen LogP contribution in [0.3, 0.4) is 0 Å². The molecule has 1 N–H and O–H groups in total. The Balaban J connectivity index is 1.44. The molecule has 1 amide bonds. The van der Waals surface area contributed by atoms with Gasteiger partial charge in [-0.15, -0.1) is 0 Å². The Morgan fingerprint density at radius 3 is 2.07 bits per heavy atom. The van der Waals surface area contributed by atoms with Gasteiger partial charge in [-0.1, -0.05) is 60.2 Å². The van der Waals surface area contributed by atoms with Crippen LogP contribution in [0.25, 0.3) is 0 Å². The summed E-state index contributed by atoms with van der Waals surface area (Å²) in [5.74, 6) is -0.721. The quantitative estimate of drug-likeness (QED) is 0.428. The molecule has 0 bridgehead atoms. The fraction of sp³-hybridized carbons (Fsp3) is 0.160. The van der Waals surface area contributed by atoms with Crippen LogP contribution in [0.2, 0.25) is 0 Å². The van der Waals surface area contributed by atoms with Crippen molar-refractivity contribution in [2.24, 2.45) is 0 Å². The van der Waals surface area contributed by atoms with Gasteiger partial charge in [0, 0.05) is 23.2 Å². The van der Waals surface area contributed by atoms with E-state index in [9.17, 15) is 14.4 Å². The number of hydrogen-bond donors (Lipinski definition) is 1. The summed E-state index contributed by atoms with van der Waals surface area (Å²) in [7, 11) is 0. The minimum absolute atomic E-state index is 0.0320. The van der Waals surface area contributed by atoms with E-state index in [1.165, 1.54) is 0 Å². The molecule has 3 rings (SSSR count). The van der Waals surface area contributed by atoms with E-state index in [1.54, 1.807) is 36.4 Å². The lowest BCUT2D eigenvalue weighted by atomic mass is 10.1. The van der Waals surface area contributed by atoms with Gasteiger partial charge in [0.05, 0.1) is 6.42 Å². The maximum Gasteiger partial charge on any atom is 0.306 e. The number of nitrogens with one attached hydrogen (secondary N) is 1. The van der Waals surface area contributed by atoms with Gasteiger partial charge in [-0.3, -0.25) is 14.4 Å². The van der Waals surface area contributed by atoms with Crippen molar-refractivity contribution >= 4 is 23.3 Å². The molecule has 0 aliphatic rings. The van der Waals surface area contributed by atoms with E-state index in [0.29, 0.717) is 11.1 Å². The zero-order chi connectivity index (χ0) is 21.3. The van der Waals surface area contributed by atoms with E-state index < -0.39 is 5.97 Å². The van der Waals surface area contributed by atoms with E-state index in [0.717, 1.165) is 16.8 Å². The normalized spacial score (nSPS) is 10.3. The van der Waals surface area contributed by atoms with Crippen LogP contribution in [0.15, 0.2) is 78.9 Å². The lowest BCUT2D eigenvalue weighted by molar-refractivity contribution is -0.144. The van der Waals surface area contributed by atoms with Crippen molar-refractivity contribution in [3.63, 3.8) is 0 Å². The van der Waals surface area contributed by atoms with E-state index >= 15 is 0 Å². The molecular formula is C25H23NO4. The number of carbonyl (C=O) groups excluding carboxylic acids is 3.